The molecule has 2 aromatic heterocycles. The molecule has 0 saturated carbocycles. The van der Waals surface area contributed by atoms with Crippen molar-refractivity contribution in [1.29, 1.82) is 0 Å². The summed E-state index contributed by atoms with van der Waals surface area (Å²) in [6, 6.07) is 37.9. The maximum absolute atomic E-state index is 6.37. The fraction of sp³-hybridized carbons (Fsp3) is 0. The maximum Gasteiger partial charge on any atom is 0.226 e. The summed E-state index contributed by atoms with van der Waals surface area (Å²) in [4.78, 5) is 13.7. The molecule has 0 spiro atoms. The van der Waals surface area contributed by atoms with Gasteiger partial charge >= 0.3 is 0 Å². The van der Waals surface area contributed by atoms with Gasteiger partial charge in [0.25, 0.3) is 0 Å². The Balaban J connectivity index is 1.31. The highest BCUT2D eigenvalue weighted by Gasteiger charge is 2.12. The van der Waals surface area contributed by atoms with Crippen molar-refractivity contribution in [3.05, 3.63) is 114 Å². The second-order valence-electron chi connectivity index (χ2n) is 8.70. The van der Waals surface area contributed by atoms with Gasteiger partial charge < -0.3 is 0 Å². The molecule has 0 bridgehead atoms. The molecule has 170 valence electrons. The first kappa shape index (κ1) is 21.2. The maximum atomic E-state index is 6.37. The lowest BCUT2D eigenvalue weighted by Crippen LogP contribution is -1.97. The molecule has 5 heteroatoms. The third kappa shape index (κ3) is 3.72. The Labute approximate surface area is 216 Å². The number of hydrogen-bond acceptors (Lipinski definition) is 4. The molecule has 0 atom stereocenters. The van der Waals surface area contributed by atoms with Gasteiger partial charge in [-0.3, -0.25) is 0 Å². The predicted molar refractivity (Wildman–Crippen MR) is 152 cm³/mol. The topological polar surface area (TPSA) is 38.7 Å². The normalized spacial score (nSPS) is 11.5. The van der Waals surface area contributed by atoms with Crippen LogP contribution < -0.4 is 0 Å². The Morgan fingerprint density at radius 3 is 2.03 bits per heavy atom. The van der Waals surface area contributed by atoms with E-state index in [2.05, 4.69) is 88.8 Å². The molecule has 0 radical (unpaired) electrons. The lowest BCUT2D eigenvalue weighted by atomic mass is 10.0. The summed E-state index contributed by atoms with van der Waals surface area (Å²) in [6.45, 7) is 0. The van der Waals surface area contributed by atoms with Crippen LogP contribution in [0.15, 0.2) is 109 Å². The van der Waals surface area contributed by atoms with Crippen LogP contribution in [0.25, 0.3) is 64.8 Å². The average Bonchev–Trinajstić information content (AvgIpc) is 3.30. The highest BCUT2D eigenvalue weighted by molar-refractivity contribution is 7.25. The summed E-state index contributed by atoms with van der Waals surface area (Å²) < 4.78 is 2.60. The largest absolute Gasteiger partial charge is 0.226 e. The van der Waals surface area contributed by atoms with E-state index < -0.39 is 0 Å². The first-order chi connectivity index (χ1) is 17.7. The van der Waals surface area contributed by atoms with Gasteiger partial charge in [-0.1, -0.05) is 78.9 Å². The standard InChI is InChI=1S/C31H18ClN3S/c32-31-34-29(33-30(35-31)24-13-12-19-6-1-2-7-20(19)16-24)23-9-5-8-21(17-23)22-14-15-28-26(18-22)25-10-3-4-11-27(25)36-28/h1-18H. The van der Waals surface area contributed by atoms with Gasteiger partial charge in [0.1, 0.15) is 0 Å². The van der Waals surface area contributed by atoms with E-state index in [4.69, 9.17) is 16.6 Å². The van der Waals surface area contributed by atoms with Crippen LogP contribution >= 0.6 is 22.9 Å². The van der Waals surface area contributed by atoms with Crippen molar-refractivity contribution in [2.75, 3.05) is 0 Å². The van der Waals surface area contributed by atoms with E-state index in [9.17, 15) is 0 Å². The van der Waals surface area contributed by atoms with E-state index in [1.54, 1.807) is 0 Å². The van der Waals surface area contributed by atoms with Crippen LogP contribution in [0.5, 0.6) is 0 Å². The van der Waals surface area contributed by atoms with Crippen LogP contribution in [0.4, 0.5) is 0 Å². The smallest absolute Gasteiger partial charge is 0.208 e. The number of rotatable bonds is 3. The van der Waals surface area contributed by atoms with Gasteiger partial charge in [0, 0.05) is 31.3 Å². The number of fused-ring (bicyclic) bond motifs is 4. The first-order valence-electron chi connectivity index (χ1n) is 11.6. The van der Waals surface area contributed by atoms with Crippen LogP contribution in [0.3, 0.4) is 0 Å². The molecule has 0 saturated heterocycles. The summed E-state index contributed by atoms with van der Waals surface area (Å²) in [7, 11) is 0. The molecule has 0 N–H and O–H groups in total. The molecule has 36 heavy (non-hydrogen) atoms. The molecule has 2 heterocycles. The van der Waals surface area contributed by atoms with Crippen LogP contribution in [-0.4, -0.2) is 15.0 Å². The van der Waals surface area contributed by atoms with E-state index in [1.807, 2.05) is 41.7 Å². The Bertz CT molecular complexity index is 1930. The third-order valence-corrected chi connectivity index (χ3v) is 7.77. The van der Waals surface area contributed by atoms with Gasteiger partial charge in [0.2, 0.25) is 5.28 Å². The van der Waals surface area contributed by atoms with E-state index in [0.717, 1.165) is 27.6 Å². The van der Waals surface area contributed by atoms with Gasteiger partial charge in [-0.25, -0.2) is 4.98 Å². The summed E-state index contributed by atoms with van der Waals surface area (Å²) in [5.41, 5.74) is 4.07. The van der Waals surface area contributed by atoms with Crippen molar-refractivity contribution in [3.63, 3.8) is 0 Å². The highest BCUT2D eigenvalue weighted by Crippen LogP contribution is 2.37. The van der Waals surface area contributed by atoms with Gasteiger partial charge in [0.05, 0.1) is 0 Å². The lowest BCUT2D eigenvalue weighted by Gasteiger charge is -2.08. The Hall–Kier alpha value is -4.12. The molecular weight excluding hydrogens is 482 g/mol. The highest BCUT2D eigenvalue weighted by atomic mass is 35.5. The summed E-state index contributed by atoms with van der Waals surface area (Å²) in [5.74, 6) is 1.12. The molecule has 3 nitrogen and oxygen atoms in total. The lowest BCUT2D eigenvalue weighted by molar-refractivity contribution is 1.07. The number of hydrogen-bond donors (Lipinski definition) is 0. The number of benzene rings is 5. The van der Waals surface area contributed by atoms with Gasteiger partial charge in [-0.2, -0.15) is 9.97 Å². The van der Waals surface area contributed by atoms with E-state index >= 15 is 0 Å². The number of thiophene rings is 1. The Morgan fingerprint density at radius 1 is 0.472 bits per heavy atom. The second-order valence-corrected chi connectivity index (χ2v) is 10.1. The molecular formula is C31H18ClN3S. The number of nitrogens with zero attached hydrogens (tertiary/aromatic N) is 3. The minimum Gasteiger partial charge on any atom is -0.208 e. The minimum atomic E-state index is 0.180. The van der Waals surface area contributed by atoms with Crippen molar-refractivity contribution in [2.45, 2.75) is 0 Å². The molecule has 0 fully saturated rings. The van der Waals surface area contributed by atoms with Crippen molar-refractivity contribution < 1.29 is 0 Å². The molecule has 7 aromatic rings. The zero-order valence-electron chi connectivity index (χ0n) is 19.0. The quantitative estimate of drug-likeness (QED) is 0.243. The fourth-order valence-corrected chi connectivity index (χ4v) is 5.93. The summed E-state index contributed by atoms with van der Waals surface area (Å²) in [5, 5.41) is 5.05. The van der Waals surface area contributed by atoms with Gasteiger partial charge in [-0.15, -0.1) is 11.3 Å². The third-order valence-electron chi connectivity index (χ3n) is 6.45. The van der Waals surface area contributed by atoms with Crippen molar-refractivity contribution in [2.24, 2.45) is 0 Å². The predicted octanol–water partition coefficient (Wildman–Crippen LogP) is 9.05. The fourth-order valence-electron chi connectivity index (χ4n) is 4.68. The SMILES string of the molecule is Clc1nc(-c2cccc(-c3ccc4sc5ccccc5c4c3)c2)nc(-c2ccc3ccccc3c2)n1. The minimum absolute atomic E-state index is 0.180. The summed E-state index contributed by atoms with van der Waals surface area (Å²) in [6.07, 6.45) is 0. The molecule has 0 aliphatic rings. The monoisotopic (exact) mass is 499 g/mol. The van der Waals surface area contributed by atoms with Crippen LogP contribution in [-0.2, 0) is 0 Å². The molecule has 0 amide bonds. The van der Waals surface area contributed by atoms with Gasteiger partial charge in [0.15, 0.2) is 11.6 Å². The zero-order valence-corrected chi connectivity index (χ0v) is 20.6. The van der Waals surface area contributed by atoms with E-state index in [0.29, 0.717) is 11.6 Å². The first-order valence-corrected chi connectivity index (χ1v) is 12.8. The molecule has 0 aliphatic carbocycles. The van der Waals surface area contributed by atoms with Crippen molar-refractivity contribution in [1.82, 2.24) is 15.0 Å². The summed E-state index contributed by atoms with van der Waals surface area (Å²) >= 11 is 8.20. The molecule has 7 rings (SSSR count). The van der Waals surface area contributed by atoms with Crippen LogP contribution in [0.2, 0.25) is 5.28 Å². The average molecular weight is 500 g/mol. The van der Waals surface area contributed by atoms with Crippen molar-refractivity contribution >= 4 is 53.9 Å². The van der Waals surface area contributed by atoms with Crippen molar-refractivity contribution in [3.8, 4) is 33.9 Å². The number of aromatic nitrogens is 3. The molecule has 0 unspecified atom stereocenters. The Morgan fingerprint density at radius 2 is 1.14 bits per heavy atom. The Kier molecular flexibility index (Phi) is 5.01. The van der Waals surface area contributed by atoms with Crippen LogP contribution in [0, 0.1) is 0 Å². The molecule has 0 aliphatic heterocycles. The number of halogens is 1. The van der Waals surface area contributed by atoms with E-state index in [-0.39, 0.29) is 5.28 Å². The second kappa shape index (κ2) is 8.52. The zero-order chi connectivity index (χ0) is 24.1. The van der Waals surface area contributed by atoms with Crippen LogP contribution in [0.1, 0.15) is 0 Å². The van der Waals surface area contributed by atoms with E-state index in [1.165, 1.54) is 25.6 Å². The van der Waals surface area contributed by atoms with Gasteiger partial charge in [-0.05, 0) is 63.8 Å². The molecule has 5 aromatic carbocycles.